The molecule has 0 fully saturated rings. The van der Waals surface area contributed by atoms with Gasteiger partial charge in [-0.25, -0.2) is 26.9 Å². The van der Waals surface area contributed by atoms with Gasteiger partial charge in [0.05, 0.1) is 6.20 Å². The van der Waals surface area contributed by atoms with Gasteiger partial charge in [-0.1, -0.05) is 6.07 Å². The smallest absolute Gasteiger partial charge is 0.258 e. The van der Waals surface area contributed by atoms with Gasteiger partial charge in [0.25, 0.3) is 10.0 Å². The van der Waals surface area contributed by atoms with E-state index >= 15 is 0 Å². The molecule has 0 aliphatic heterocycles. The van der Waals surface area contributed by atoms with Gasteiger partial charge in [0.15, 0.2) is 16.7 Å². The fraction of sp³-hybridized carbons (Fsp3) is 0.250. The molecule has 1 atom stereocenters. The lowest BCUT2D eigenvalue weighted by Crippen LogP contribution is -2.27. The second-order valence-electron chi connectivity index (χ2n) is 4.35. The van der Waals surface area contributed by atoms with E-state index in [2.05, 4.69) is 14.7 Å². The van der Waals surface area contributed by atoms with E-state index in [1.807, 2.05) is 0 Å². The summed E-state index contributed by atoms with van der Waals surface area (Å²) in [5.74, 6) is -1.54. The van der Waals surface area contributed by atoms with Crippen molar-refractivity contribution in [3.8, 4) is 0 Å². The molecule has 108 valence electrons. The molecule has 2 N–H and O–H groups in total. The first-order valence-electron chi connectivity index (χ1n) is 5.78. The molecule has 2 aromatic rings. The summed E-state index contributed by atoms with van der Waals surface area (Å²) < 4.78 is 52.4. The number of aryl methyl sites for hydroxylation is 1. The van der Waals surface area contributed by atoms with Crippen molar-refractivity contribution in [1.82, 2.24) is 14.7 Å². The highest BCUT2D eigenvalue weighted by molar-refractivity contribution is 7.89. The second-order valence-corrected chi connectivity index (χ2v) is 6.03. The van der Waals surface area contributed by atoms with E-state index in [-0.39, 0.29) is 5.03 Å². The normalized spacial score (nSPS) is 13.4. The summed E-state index contributed by atoms with van der Waals surface area (Å²) in [5, 5.41) is -0.0792. The maximum absolute atomic E-state index is 13.1. The molecule has 0 amide bonds. The zero-order chi connectivity index (χ0) is 14.9. The van der Waals surface area contributed by atoms with Crippen LogP contribution < -0.4 is 4.72 Å². The molecule has 1 aromatic heterocycles. The Morgan fingerprint density at radius 2 is 2.00 bits per heavy atom. The van der Waals surface area contributed by atoms with Gasteiger partial charge in [0, 0.05) is 6.04 Å². The standard InChI is InChI=1S/C12H13F2N3O2S/c1-7(9-3-4-10(13)11(14)5-9)17-20(18,19)12-6-15-8(2)16-12/h3-7,17H,1-2H3,(H,15,16). The summed E-state index contributed by atoms with van der Waals surface area (Å²) in [4.78, 5) is 6.40. The molecule has 2 rings (SSSR count). The maximum atomic E-state index is 13.1. The van der Waals surface area contributed by atoms with Crippen molar-refractivity contribution in [1.29, 1.82) is 0 Å². The van der Waals surface area contributed by atoms with Crippen LogP contribution in [0.1, 0.15) is 24.4 Å². The van der Waals surface area contributed by atoms with Crippen LogP contribution in [0.2, 0.25) is 0 Å². The highest BCUT2D eigenvalue weighted by Gasteiger charge is 2.20. The van der Waals surface area contributed by atoms with Crippen LogP contribution in [-0.2, 0) is 10.0 Å². The molecule has 1 aromatic carbocycles. The molecule has 0 radical (unpaired) electrons. The topological polar surface area (TPSA) is 74.8 Å². The highest BCUT2D eigenvalue weighted by atomic mass is 32.2. The van der Waals surface area contributed by atoms with Crippen molar-refractivity contribution in [3.63, 3.8) is 0 Å². The van der Waals surface area contributed by atoms with Crippen molar-refractivity contribution >= 4 is 10.0 Å². The summed E-state index contributed by atoms with van der Waals surface area (Å²) in [5.41, 5.74) is 0.323. The molecule has 5 nitrogen and oxygen atoms in total. The molecule has 8 heteroatoms. The predicted octanol–water partition coefficient (Wildman–Crippen LogP) is 2.04. The minimum atomic E-state index is -3.79. The predicted molar refractivity (Wildman–Crippen MR) is 68.4 cm³/mol. The Hall–Kier alpha value is -1.80. The average molecular weight is 301 g/mol. The van der Waals surface area contributed by atoms with Gasteiger partial charge in [-0.2, -0.15) is 0 Å². The first-order valence-corrected chi connectivity index (χ1v) is 7.27. The summed E-state index contributed by atoms with van der Waals surface area (Å²) in [7, 11) is -3.79. The first kappa shape index (κ1) is 14.6. The van der Waals surface area contributed by atoms with E-state index in [4.69, 9.17) is 0 Å². The van der Waals surface area contributed by atoms with E-state index in [1.165, 1.54) is 19.2 Å². The minimum Gasteiger partial charge on any atom is -0.332 e. The Kier molecular flexibility index (Phi) is 3.87. The second kappa shape index (κ2) is 5.29. The molecule has 0 aliphatic rings. The van der Waals surface area contributed by atoms with Crippen molar-refractivity contribution in [2.24, 2.45) is 0 Å². The van der Waals surface area contributed by atoms with Crippen LogP contribution in [0.15, 0.2) is 29.4 Å². The van der Waals surface area contributed by atoms with E-state index < -0.39 is 27.7 Å². The number of hydrogen-bond donors (Lipinski definition) is 2. The fourth-order valence-electron chi connectivity index (χ4n) is 1.68. The Balaban J connectivity index is 2.22. The van der Waals surface area contributed by atoms with Crippen LogP contribution in [0, 0.1) is 18.6 Å². The zero-order valence-corrected chi connectivity index (χ0v) is 11.6. The molecule has 1 heterocycles. The van der Waals surface area contributed by atoms with Crippen LogP contribution in [-0.4, -0.2) is 18.4 Å². The first-order chi connectivity index (χ1) is 9.29. The molecule has 0 bridgehead atoms. The van der Waals surface area contributed by atoms with Gasteiger partial charge in [-0.3, -0.25) is 0 Å². The van der Waals surface area contributed by atoms with Gasteiger partial charge < -0.3 is 4.98 Å². The average Bonchev–Trinajstić information content (AvgIpc) is 2.79. The molecule has 0 saturated heterocycles. The molecule has 1 unspecified atom stereocenters. The van der Waals surface area contributed by atoms with Crippen molar-refractivity contribution in [2.45, 2.75) is 24.9 Å². The molecule has 20 heavy (non-hydrogen) atoms. The van der Waals surface area contributed by atoms with Gasteiger partial charge >= 0.3 is 0 Å². The van der Waals surface area contributed by atoms with Gasteiger partial charge in [-0.05, 0) is 31.5 Å². The number of aromatic nitrogens is 2. The summed E-state index contributed by atoms with van der Waals surface area (Å²) in [6.45, 7) is 3.16. The number of nitrogens with one attached hydrogen (secondary N) is 2. The Morgan fingerprint density at radius 3 is 2.55 bits per heavy atom. The summed E-state index contributed by atoms with van der Waals surface area (Å²) in [6.07, 6.45) is 1.19. The van der Waals surface area contributed by atoms with Gasteiger partial charge in [-0.15, -0.1) is 0 Å². The number of rotatable bonds is 4. The lowest BCUT2D eigenvalue weighted by Gasteiger charge is -2.14. The third kappa shape index (κ3) is 3.02. The number of imidazole rings is 1. The number of H-pyrrole nitrogens is 1. The summed E-state index contributed by atoms with van der Waals surface area (Å²) in [6, 6.07) is 2.53. The Morgan fingerprint density at radius 1 is 1.30 bits per heavy atom. The van der Waals surface area contributed by atoms with Crippen LogP contribution in [0.25, 0.3) is 0 Å². The highest BCUT2D eigenvalue weighted by Crippen LogP contribution is 2.18. The third-order valence-corrected chi connectivity index (χ3v) is 4.20. The molecule has 0 spiro atoms. The van der Waals surface area contributed by atoms with E-state index in [0.29, 0.717) is 11.4 Å². The van der Waals surface area contributed by atoms with Gasteiger partial charge in [0.1, 0.15) is 5.82 Å². The largest absolute Gasteiger partial charge is 0.332 e. The van der Waals surface area contributed by atoms with Crippen LogP contribution in [0.4, 0.5) is 8.78 Å². The Bertz CT molecular complexity index is 728. The lowest BCUT2D eigenvalue weighted by molar-refractivity contribution is 0.504. The van der Waals surface area contributed by atoms with Crippen LogP contribution in [0.3, 0.4) is 0 Å². The number of benzene rings is 1. The zero-order valence-electron chi connectivity index (χ0n) is 10.8. The molecular formula is C12H13F2N3O2S. The molecule has 0 aliphatic carbocycles. The van der Waals surface area contributed by atoms with E-state index in [1.54, 1.807) is 6.92 Å². The monoisotopic (exact) mass is 301 g/mol. The third-order valence-electron chi connectivity index (χ3n) is 2.74. The Labute approximate surface area is 115 Å². The number of halogens is 2. The summed E-state index contributed by atoms with van der Waals surface area (Å²) >= 11 is 0. The maximum Gasteiger partial charge on any atom is 0.258 e. The number of aromatic amines is 1. The van der Waals surface area contributed by atoms with Crippen molar-refractivity contribution in [2.75, 3.05) is 0 Å². The fourth-order valence-corrected chi connectivity index (χ4v) is 2.88. The number of sulfonamides is 1. The minimum absolute atomic E-state index is 0.0792. The number of nitrogens with zero attached hydrogens (tertiary/aromatic N) is 1. The van der Waals surface area contributed by atoms with Crippen molar-refractivity contribution < 1.29 is 17.2 Å². The van der Waals surface area contributed by atoms with Gasteiger partial charge in [0.2, 0.25) is 0 Å². The van der Waals surface area contributed by atoms with E-state index in [0.717, 1.165) is 12.1 Å². The van der Waals surface area contributed by atoms with Crippen LogP contribution >= 0.6 is 0 Å². The quantitative estimate of drug-likeness (QED) is 0.907. The van der Waals surface area contributed by atoms with Crippen LogP contribution in [0.5, 0.6) is 0 Å². The van der Waals surface area contributed by atoms with E-state index in [9.17, 15) is 17.2 Å². The number of hydrogen-bond acceptors (Lipinski definition) is 3. The molecule has 0 saturated carbocycles. The van der Waals surface area contributed by atoms with Crippen molar-refractivity contribution in [3.05, 3.63) is 47.4 Å². The SMILES string of the molecule is Cc1ncc(S(=O)(=O)NC(C)c2ccc(F)c(F)c2)[nH]1. The lowest BCUT2D eigenvalue weighted by atomic mass is 10.1. The molecular weight excluding hydrogens is 288 g/mol.